The van der Waals surface area contributed by atoms with E-state index in [-0.39, 0.29) is 22.9 Å². The Morgan fingerprint density at radius 2 is 1.88 bits per heavy atom. The SMILES string of the molecule is CC(=O)[C@@]1(O)C(O)C[C@H]2[C@@H]3CCC4=CC(=O)CC[C@]4(C)[C@H]3CC[C@@]21C. The van der Waals surface area contributed by atoms with E-state index in [1.807, 2.05) is 13.0 Å². The molecular weight excluding hydrogens is 316 g/mol. The molecule has 0 saturated heterocycles. The van der Waals surface area contributed by atoms with Crippen LogP contribution in [0.25, 0.3) is 0 Å². The van der Waals surface area contributed by atoms with E-state index in [0.717, 1.165) is 32.1 Å². The number of hydrogen-bond acceptors (Lipinski definition) is 4. The van der Waals surface area contributed by atoms with Crippen LogP contribution in [-0.2, 0) is 9.59 Å². The maximum atomic E-state index is 12.3. The summed E-state index contributed by atoms with van der Waals surface area (Å²) in [6.45, 7) is 5.75. The van der Waals surface area contributed by atoms with E-state index in [1.165, 1.54) is 12.5 Å². The number of aliphatic hydroxyl groups excluding tert-OH is 1. The molecule has 1 unspecified atom stereocenters. The molecule has 2 N–H and O–H groups in total. The van der Waals surface area contributed by atoms with Gasteiger partial charge in [-0.1, -0.05) is 19.4 Å². The van der Waals surface area contributed by atoms with Gasteiger partial charge in [0.15, 0.2) is 17.2 Å². The predicted octanol–water partition coefficient (Wildman–Crippen LogP) is 2.81. The average Bonchev–Trinajstić information content (AvgIpc) is 2.77. The van der Waals surface area contributed by atoms with E-state index < -0.39 is 17.1 Å². The number of aliphatic hydroxyl groups is 2. The van der Waals surface area contributed by atoms with Crippen molar-refractivity contribution in [1.29, 1.82) is 0 Å². The van der Waals surface area contributed by atoms with Crippen molar-refractivity contribution in [3.8, 4) is 0 Å². The fourth-order valence-corrected chi connectivity index (χ4v) is 7.22. The monoisotopic (exact) mass is 346 g/mol. The molecule has 4 aliphatic rings. The largest absolute Gasteiger partial charge is 0.390 e. The van der Waals surface area contributed by atoms with Crippen molar-refractivity contribution in [2.24, 2.45) is 28.6 Å². The molecule has 0 aliphatic heterocycles. The molecule has 0 amide bonds. The Morgan fingerprint density at radius 1 is 1.16 bits per heavy atom. The number of allylic oxidation sites excluding steroid dienone is 1. The van der Waals surface area contributed by atoms with Crippen LogP contribution in [0.2, 0.25) is 0 Å². The number of rotatable bonds is 1. The molecule has 3 fully saturated rings. The fraction of sp³-hybridized carbons (Fsp3) is 0.810. The molecule has 3 saturated carbocycles. The molecule has 0 radical (unpaired) electrons. The lowest BCUT2D eigenvalue weighted by molar-refractivity contribution is -0.173. The Labute approximate surface area is 149 Å². The maximum Gasteiger partial charge on any atom is 0.164 e. The predicted molar refractivity (Wildman–Crippen MR) is 93.7 cm³/mol. The second kappa shape index (κ2) is 5.26. The Balaban J connectivity index is 1.72. The van der Waals surface area contributed by atoms with Crippen molar-refractivity contribution in [3.05, 3.63) is 11.6 Å². The average molecular weight is 346 g/mol. The van der Waals surface area contributed by atoms with E-state index in [2.05, 4.69) is 6.92 Å². The Kier molecular flexibility index (Phi) is 3.66. The standard InChI is InChI=1S/C21H30O4/c1-12(22)21(25)18(24)11-17-15-5-4-13-10-14(23)6-8-19(13,2)16(15)7-9-20(17,21)3/h10,15-18,24-25H,4-9,11H2,1-3H3/t15-,16+,17+,18?,19+,20+,21-/m1/s1. The van der Waals surface area contributed by atoms with E-state index in [9.17, 15) is 19.8 Å². The Bertz CT molecular complexity index is 667. The molecule has 4 heteroatoms. The van der Waals surface area contributed by atoms with Crippen LogP contribution in [0, 0.1) is 28.6 Å². The van der Waals surface area contributed by atoms with E-state index >= 15 is 0 Å². The quantitative estimate of drug-likeness (QED) is 0.766. The maximum absolute atomic E-state index is 12.3. The molecule has 0 heterocycles. The zero-order valence-electron chi connectivity index (χ0n) is 15.5. The molecule has 0 aromatic carbocycles. The lowest BCUT2D eigenvalue weighted by atomic mass is 9.46. The minimum absolute atomic E-state index is 0.0695. The van der Waals surface area contributed by atoms with Crippen molar-refractivity contribution in [1.82, 2.24) is 0 Å². The molecule has 4 nitrogen and oxygen atoms in total. The minimum Gasteiger partial charge on any atom is -0.390 e. The van der Waals surface area contributed by atoms with Gasteiger partial charge in [-0.3, -0.25) is 9.59 Å². The van der Waals surface area contributed by atoms with Gasteiger partial charge >= 0.3 is 0 Å². The first-order valence-electron chi connectivity index (χ1n) is 9.80. The number of fused-ring (bicyclic) bond motifs is 5. The van der Waals surface area contributed by atoms with Crippen molar-refractivity contribution in [2.45, 2.75) is 77.4 Å². The van der Waals surface area contributed by atoms with Crippen LogP contribution >= 0.6 is 0 Å². The van der Waals surface area contributed by atoms with Gasteiger partial charge in [0.05, 0.1) is 6.10 Å². The zero-order chi connectivity index (χ0) is 18.2. The van der Waals surface area contributed by atoms with E-state index in [0.29, 0.717) is 24.7 Å². The smallest absolute Gasteiger partial charge is 0.164 e. The van der Waals surface area contributed by atoms with Crippen LogP contribution in [0.1, 0.15) is 65.7 Å². The first kappa shape index (κ1) is 17.4. The lowest BCUT2D eigenvalue weighted by Gasteiger charge is -2.58. The molecule has 4 aliphatic carbocycles. The first-order chi connectivity index (χ1) is 11.6. The van der Waals surface area contributed by atoms with Gasteiger partial charge in [-0.15, -0.1) is 0 Å². The third-order valence-corrected chi connectivity index (χ3v) is 8.72. The zero-order valence-corrected chi connectivity index (χ0v) is 15.5. The summed E-state index contributed by atoms with van der Waals surface area (Å²) < 4.78 is 0. The summed E-state index contributed by atoms with van der Waals surface area (Å²) in [6, 6.07) is 0. The topological polar surface area (TPSA) is 74.6 Å². The number of Topliss-reactive ketones (excluding diaryl/α,β-unsaturated/α-hetero) is 1. The molecule has 0 aromatic rings. The highest BCUT2D eigenvalue weighted by Crippen LogP contribution is 2.67. The van der Waals surface area contributed by atoms with Gasteiger partial charge in [0, 0.05) is 11.8 Å². The van der Waals surface area contributed by atoms with Crippen molar-refractivity contribution in [2.75, 3.05) is 0 Å². The van der Waals surface area contributed by atoms with Crippen LogP contribution in [0.5, 0.6) is 0 Å². The van der Waals surface area contributed by atoms with Crippen molar-refractivity contribution >= 4 is 11.6 Å². The molecule has 4 rings (SSSR count). The van der Waals surface area contributed by atoms with Crippen LogP contribution < -0.4 is 0 Å². The minimum atomic E-state index is -1.61. The van der Waals surface area contributed by atoms with Crippen LogP contribution in [0.15, 0.2) is 11.6 Å². The second-order valence-corrected chi connectivity index (χ2v) is 9.50. The van der Waals surface area contributed by atoms with Gasteiger partial charge in [-0.2, -0.15) is 0 Å². The van der Waals surface area contributed by atoms with Crippen LogP contribution in [-0.4, -0.2) is 33.5 Å². The van der Waals surface area contributed by atoms with Gasteiger partial charge in [-0.05, 0) is 74.7 Å². The van der Waals surface area contributed by atoms with Crippen LogP contribution in [0.4, 0.5) is 0 Å². The van der Waals surface area contributed by atoms with Crippen molar-refractivity contribution in [3.63, 3.8) is 0 Å². The van der Waals surface area contributed by atoms with Crippen LogP contribution in [0.3, 0.4) is 0 Å². The molecule has 0 bridgehead atoms. The molecule has 7 atom stereocenters. The number of ketones is 2. The van der Waals surface area contributed by atoms with E-state index in [1.54, 1.807) is 0 Å². The van der Waals surface area contributed by atoms with Gasteiger partial charge in [0.2, 0.25) is 0 Å². The summed E-state index contributed by atoms with van der Waals surface area (Å²) in [4.78, 5) is 24.1. The molecule has 138 valence electrons. The van der Waals surface area contributed by atoms with Gasteiger partial charge in [0.1, 0.15) is 0 Å². The summed E-state index contributed by atoms with van der Waals surface area (Å²) in [5, 5.41) is 21.8. The molecule has 0 spiro atoms. The summed E-state index contributed by atoms with van der Waals surface area (Å²) in [5.74, 6) is 1.03. The summed E-state index contributed by atoms with van der Waals surface area (Å²) in [6.07, 6.45) is 6.66. The fourth-order valence-electron chi connectivity index (χ4n) is 7.22. The number of carbonyl (C=O) groups excluding carboxylic acids is 2. The summed E-state index contributed by atoms with van der Waals surface area (Å²) in [5.41, 5.74) is -0.766. The Hall–Kier alpha value is -1.00. The Morgan fingerprint density at radius 3 is 2.56 bits per heavy atom. The highest BCUT2D eigenvalue weighted by atomic mass is 16.4. The van der Waals surface area contributed by atoms with Crippen molar-refractivity contribution < 1.29 is 19.8 Å². The van der Waals surface area contributed by atoms with Gasteiger partial charge in [-0.25, -0.2) is 0 Å². The molecule has 25 heavy (non-hydrogen) atoms. The normalized spacial score (nSPS) is 52.0. The molecule has 0 aromatic heterocycles. The third kappa shape index (κ3) is 2.01. The molecular formula is C21H30O4. The second-order valence-electron chi connectivity index (χ2n) is 9.50. The highest BCUT2D eigenvalue weighted by Gasteiger charge is 2.69. The van der Waals surface area contributed by atoms with Gasteiger partial charge in [0.25, 0.3) is 0 Å². The third-order valence-electron chi connectivity index (χ3n) is 8.72. The summed E-state index contributed by atoms with van der Waals surface area (Å²) >= 11 is 0. The summed E-state index contributed by atoms with van der Waals surface area (Å²) in [7, 11) is 0. The lowest BCUT2D eigenvalue weighted by Crippen LogP contribution is -2.59. The number of carbonyl (C=O) groups is 2. The van der Waals surface area contributed by atoms with E-state index in [4.69, 9.17) is 0 Å². The highest BCUT2D eigenvalue weighted by molar-refractivity contribution is 5.91. The first-order valence-corrected chi connectivity index (χ1v) is 9.80. The number of hydrogen-bond donors (Lipinski definition) is 2. The van der Waals surface area contributed by atoms with Gasteiger partial charge < -0.3 is 10.2 Å².